The Morgan fingerprint density at radius 3 is 2.61 bits per heavy atom. The van der Waals surface area contributed by atoms with Crippen LogP contribution >= 0.6 is 0 Å². The SMILES string of the molecule is O=C(O)C1CN(c2ccc(C3CCS(=O)CC3)c(F)c2)C(=O)O1. The molecule has 0 saturated carbocycles. The van der Waals surface area contributed by atoms with E-state index in [1.807, 2.05) is 0 Å². The van der Waals surface area contributed by atoms with Gasteiger partial charge in [0.1, 0.15) is 5.82 Å². The molecule has 2 fully saturated rings. The first-order valence-electron chi connectivity index (χ1n) is 7.31. The zero-order valence-corrected chi connectivity index (χ0v) is 13.1. The van der Waals surface area contributed by atoms with Crippen molar-refractivity contribution in [2.24, 2.45) is 0 Å². The highest BCUT2D eigenvalue weighted by Crippen LogP contribution is 2.32. The number of nitrogens with zero attached hydrogens (tertiary/aromatic N) is 1. The maximum absolute atomic E-state index is 14.4. The van der Waals surface area contributed by atoms with Gasteiger partial charge in [-0.2, -0.15) is 0 Å². The molecule has 0 aliphatic carbocycles. The quantitative estimate of drug-likeness (QED) is 0.907. The number of hydrogen-bond acceptors (Lipinski definition) is 4. The number of carbonyl (C=O) groups excluding carboxylic acids is 1. The maximum atomic E-state index is 14.4. The smallest absolute Gasteiger partial charge is 0.415 e. The summed E-state index contributed by atoms with van der Waals surface area (Å²) in [5, 5.41) is 8.88. The molecule has 2 aliphatic heterocycles. The molecule has 6 nitrogen and oxygen atoms in total. The van der Waals surface area contributed by atoms with Crippen LogP contribution < -0.4 is 4.90 Å². The number of carbonyl (C=O) groups is 2. The minimum Gasteiger partial charge on any atom is -0.478 e. The fourth-order valence-corrected chi connectivity index (χ4v) is 4.22. The lowest BCUT2D eigenvalue weighted by Gasteiger charge is -2.23. The molecular weight excluding hydrogens is 325 g/mol. The average Bonchev–Trinajstić information content (AvgIpc) is 2.90. The molecule has 8 heteroatoms. The molecule has 2 aliphatic rings. The van der Waals surface area contributed by atoms with Crippen LogP contribution in [-0.2, 0) is 20.3 Å². The number of ether oxygens (including phenoxy) is 1. The number of carboxylic acid groups (broad SMARTS) is 1. The van der Waals surface area contributed by atoms with E-state index >= 15 is 0 Å². The Bertz CT molecular complexity index is 670. The topological polar surface area (TPSA) is 83.9 Å². The summed E-state index contributed by atoms with van der Waals surface area (Å²) in [4.78, 5) is 23.7. The molecule has 3 rings (SSSR count). The first-order valence-corrected chi connectivity index (χ1v) is 8.80. The Labute approximate surface area is 134 Å². The summed E-state index contributed by atoms with van der Waals surface area (Å²) >= 11 is 0. The van der Waals surface area contributed by atoms with E-state index in [4.69, 9.17) is 9.84 Å². The van der Waals surface area contributed by atoms with Gasteiger partial charge in [-0.3, -0.25) is 9.11 Å². The average molecular weight is 341 g/mol. The van der Waals surface area contributed by atoms with Crippen LogP contribution in [0.5, 0.6) is 0 Å². The Hall–Kier alpha value is -1.96. The third-order valence-corrected chi connectivity index (χ3v) is 5.59. The van der Waals surface area contributed by atoms with E-state index in [1.165, 1.54) is 6.07 Å². The molecule has 0 spiro atoms. The molecule has 124 valence electrons. The highest BCUT2D eigenvalue weighted by Gasteiger charge is 2.37. The Morgan fingerprint density at radius 2 is 2.04 bits per heavy atom. The Morgan fingerprint density at radius 1 is 1.35 bits per heavy atom. The summed E-state index contributed by atoms with van der Waals surface area (Å²) in [5.41, 5.74) is 0.826. The molecular formula is C15H16FNO5S. The molecule has 0 aromatic heterocycles. The van der Waals surface area contributed by atoms with Crippen LogP contribution in [0.2, 0.25) is 0 Å². The van der Waals surface area contributed by atoms with Gasteiger partial charge in [-0.1, -0.05) is 6.07 Å². The molecule has 23 heavy (non-hydrogen) atoms. The molecule has 1 amide bonds. The van der Waals surface area contributed by atoms with Crippen LogP contribution in [0.15, 0.2) is 18.2 Å². The van der Waals surface area contributed by atoms with Crippen LogP contribution in [0, 0.1) is 5.82 Å². The Balaban J connectivity index is 1.78. The summed E-state index contributed by atoms with van der Waals surface area (Å²) < 4.78 is 30.5. The van der Waals surface area contributed by atoms with Gasteiger partial charge in [0.25, 0.3) is 0 Å². The van der Waals surface area contributed by atoms with E-state index < -0.39 is 34.8 Å². The van der Waals surface area contributed by atoms with Gasteiger partial charge in [-0.15, -0.1) is 0 Å². The van der Waals surface area contributed by atoms with Crippen molar-refractivity contribution in [3.8, 4) is 0 Å². The summed E-state index contributed by atoms with van der Waals surface area (Å²) in [5.74, 6) is -0.492. The van der Waals surface area contributed by atoms with Crippen LogP contribution in [0.4, 0.5) is 14.9 Å². The first kappa shape index (κ1) is 15.9. The van der Waals surface area contributed by atoms with Crippen molar-refractivity contribution in [3.63, 3.8) is 0 Å². The number of amides is 1. The minimum atomic E-state index is -1.24. The van der Waals surface area contributed by atoms with Crippen molar-refractivity contribution in [2.45, 2.75) is 24.9 Å². The van der Waals surface area contributed by atoms with Gasteiger partial charge < -0.3 is 9.84 Å². The summed E-state index contributed by atoms with van der Waals surface area (Å²) in [7, 11) is -0.808. The van der Waals surface area contributed by atoms with Crippen molar-refractivity contribution >= 4 is 28.5 Å². The summed E-state index contributed by atoms with van der Waals surface area (Å²) in [6.45, 7) is -0.143. The van der Waals surface area contributed by atoms with E-state index in [1.54, 1.807) is 12.1 Å². The number of carboxylic acids is 1. The second-order valence-electron chi connectivity index (χ2n) is 5.65. The van der Waals surface area contributed by atoms with Crippen LogP contribution in [0.3, 0.4) is 0 Å². The molecule has 1 atom stereocenters. The predicted molar refractivity (Wildman–Crippen MR) is 81.5 cm³/mol. The minimum absolute atomic E-state index is 0.0269. The molecule has 0 bridgehead atoms. The van der Waals surface area contributed by atoms with Crippen molar-refractivity contribution in [3.05, 3.63) is 29.6 Å². The fourth-order valence-electron chi connectivity index (χ4n) is 2.92. The van der Waals surface area contributed by atoms with Crippen LogP contribution in [-0.4, -0.2) is 45.5 Å². The highest BCUT2D eigenvalue weighted by atomic mass is 32.2. The lowest BCUT2D eigenvalue weighted by molar-refractivity contribution is -0.144. The van der Waals surface area contributed by atoms with E-state index in [2.05, 4.69) is 0 Å². The predicted octanol–water partition coefficient (Wildman–Crippen LogP) is 1.86. The number of hydrogen-bond donors (Lipinski definition) is 1. The standard InChI is InChI=1S/C15H16FNO5S/c16-12-7-10(17-8-13(14(18)19)22-15(17)20)1-2-11(12)9-3-5-23(21)6-4-9/h1-2,7,9,13H,3-6,8H2,(H,18,19). The molecule has 2 saturated heterocycles. The van der Waals surface area contributed by atoms with E-state index in [-0.39, 0.29) is 18.2 Å². The number of anilines is 1. The third kappa shape index (κ3) is 3.21. The molecule has 2 heterocycles. The zero-order valence-electron chi connectivity index (χ0n) is 12.2. The number of aliphatic carboxylic acids is 1. The van der Waals surface area contributed by atoms with Crippen molar-refractivity contribution in [1.29, 1.82) is 0 Å². The molecule has 1 unspecified atom stereocenters. The van der Waals surface area contributed by atoms with Crippen LogP contribution in [0.1, 0.15) is 24.3 Å². The second-order valence-corrected chi connectivity index (χ2v) is 7.35. The van der Waals surface area contributed by atoms with Gasteiger partial charge in [-0.25, -0.2) is 14.0 Å². The van der Waals surface area contributed by atoms with Crippen molar-refractivity contribution in [1.82, 2.24) is 0 Å². The summed E-state index contributed by atoms with van der Waals surface area (Å²) in [6.07, 6.45) is -0.679. The molecule has 0 radical (unpaired) electrons. The fraction of sp³-hybridized carbons (Fsp3) is 0.467. The zero-order chi connectivity index (χ0) is 16.6. The lowest BCUT2D eigenvalue weighted by atomic mass is 9.93. The lowest BCUT2D eigenvalue weighted by Crippen LogP contribution is -2.27. The van der Waals surface area contributed by atoms with Crippen molar-refractivity contribution in [2.75, 3.05) is 23.0 Å². The maximum Gasteiger partial charge on any atom is 0.415 e. The van der Waals surface area contributed by atoms with Gasteiger partial charge in [0, 0.05) is 22.3 Å². The van der Waals surface area contributed by atoms with Crippen LogP contribution in [0.25, 0.3) is 0 Å². The van der Waals surface area contributed by atoms with Crippen molar-refractivity contribution < 1.29 is 28.0 Å². The second kappa shape index (κ2) is 6.27. The molecule has 1 N–H and O–H groups in total. The largest absolute Gasteiger partial charge is 0.478 e. The van der Waals surface area contributed by atoms with Gasteiger partial charge in [0.15, 0.2) is 0 Å². The number of cyclic esters (lactones) is 1. The van der Waals surface area contributed by atoms with Gasteiger partial charge in [-0.05, 0) is 36.5 Å². The third-order valence-electron chi connectivity index (χ3n) is 4.21. The normalized spacial score (nSPS) is 27.8. The van der Waals surface area contributed by atoms with E-state index in [9.17, 15) is 18.2 Å². The molecule has 1 aromatic carbocycles. The monoisotopic (exact) mass is 341 g/mol. The van der Waals surface area contributed by atoms with Gasteiger partial charge in [0.2, 0.25) is 6.10 Å². The van der Waals surface area contributed by atoms with E-state index in [0.717, 1.165) is 4.90 Å². The number of rotatable bonds is 3. The Kier molecular flexibility index (Phi) is 4.34. The highest BCUT2D eigenvalue weighted by molar-refractivity contribution is 7.85. The van der Waals surface area contributed by atoms with E-state index in [0.29, 0.717) is 29.9 Å². The first-order chi connectivity index (χ1) is 11.0. The number of benzene rings is 1. The summed E-state index contributed by atoms with van der Waals surface area (Å²) in [6, 6.07) is 4.44. The number of halogens is 1. The van der Waals surface area contributed by atoms with Gasteiger partial charge in [0.05, 0.1) is 12.2 Å². The molecule has 1 aromatic rings. The van der Waals surface area contributed by atoms with Gasteiger partial charge >= 0.3 is 12.1 Å².